The van der Waals surface area contributed by atoms with E-state index in [2.05, 4.69) is 22.2 Å². The fraction of sp³-hybridized carbons (Fsp3) is 0.409. The summed E-state index contributed by atoms with van der Waals surface area (Å²) in [5, 5.41) is 4.13. The maximum Gasteiger partial charge on any atom is 0.251 e. The van der Waals surface area contributed by atoms with Crippen LogP contribution in [0.2, 0.25) is 0 Å². The zero-order chi connectivity index (χ0) is 19.6. The zero-order valence-corrected chi connectivity index (χ0v) is 16.2. The Labute approximate surface area is 169 Å². The molecule has 1 aromatic carbocycles. The van der Waals surface area contributed by atoms with E-state index in [0.29, 0.717) is 6.61 Å². The van der Waals surface area contributed by atoms with Crippen molar-refractivity contribution in [2.24, 2.45) is 0 Å². The summed E-state index contributed by atoms with van der Waals surface area (Å²) in [6.07, 6.45) is 6.92. The number of carbonyl (C=O) groups is 1. The third-order valence-corrected chi connectivity index (χ3v) is 5.73. The summed E-state index contributed by atoms with van der Waals surface area (Å²) in [6.45, 7) is 2.18. The molecule has 0 bridgehead atoms. The minimum atomic E-state index is -0.225. The van der Waals surface area contributed by atoms with Crippen molar-refractivity contribution in [1.82, 2.24) is 19.5 Å². The molecule has 2 fully saturated rings. The first kappa shape index (κ1) is 18.1. The van der Waals surface area contributed by atoms with Gasteiger partial charge < -0.3 is 14.4 Å². The second-order valence-electron chi connectivity index (χ2n) is 7.65. The highest BCUT2D eigenvalue weighted by atomic mass is 16.5. The van der Waals surface area contributed by atoms with Crippen molar-refractivity contribution in [3.8, 4) is 16.9 Å². The van der Waals surface area contributed by atoms with E-state index in [1.54, 1.807) is 10.8 Å². The van der Waals surface area contributed by atoms with E-state index < -0.39 is 0 Å². The van der Waals surface area contributed by atoms with Crippen LogP contribution in [0.3, 0.4) is 0 Å². The number of benzene rings is 1. The van der Waals surface area contributed by atoms with Crippen LogP contribution in [-0.2, 0) is 9.53 Å². The first-order chi connectivity index (χ1) is 14.3. The van der Waals surface area contributed by atoms with Crippen LogP contribution in [0.4, 0.5) is 0 Å². The van der Waals surface area contributed by atoms with Crippen LogP contribution in [0, 0.1) is 0 Å². The van der Waals surface area contributed by atoms with Crippen LogP contribution in [-0.4, -0.2) is 57.3 Å². The van der Waals surface area contributed by atoms with Gasteiger partial charge in [0.2, 0.25) is 0 Å². The van der Waals surface area contributed by atoms with Crippen LogP contribution in [0.1, 0.15) is 25.7 Å². The first-order valence-electron chi connectivity index (χ1n) is 10.2. The van der Waals surface area contributed by atoms with E-state index in [4.69, 9.17) is 9.47 Å². The Morgan fingerprint density at radius 2 is 1.90 bits per heavy atom. The molecule has 3 aromatic rings. The number of aromatic nitrogens is 3. The molecule has 4 heterocycles. The van der Waals surface area contributed by atoms with Crippen LogP contribution in [0.15, 0.2) is 48.9 Å². The number of fused-ring (bicyclic) bond motifs is 1. The lowest BCUT2D eigenvalue weighted by molar-refractivity contribution is -0.142. The average Bonchev–Trinajstić information content (AvgIpc) is 3.46. The normalized spacial score (nSPS) is 20.3. The number of amides is 1. The second-order valence-corrected chi connectivity index (χ2v) is 7.65. The minimum Gasteiger partial charge on any atom is -0.490 e. The molecule has 0 N–H and O–H groups in total. The predicted octanol–water partition coefficient (Wildman–Crippen LogP) is 2.95. The molecule has 0 spiro atoms. The molecule has 0 aliphatic carbocycles. The van der Waals surface area contributed by atoms with Gasteiger partial charge in [0.05, 0.1) is 0 Å². The van der Waals surface area contributed by atoms with Crippen molar-refractivity contribution >= 4 is 11.6 Å². The largest absolute Gasteiger partial charge is 0.490 e. The lowest BCUT2D eigenvalue weighted by Gasteiger charge is -2.33. The summed E-state index contributed by atoms with van der Waals surface area (Å²) < 4.78 is 13.4. The predicted molar refractivity (Wildman–Crippen MR) is 108 cm³/mol. The summed E-state index contributed by atoms with van der Waals surface area (Å²) in [4.78, 5) is 18.6. The van der Waals surface area contributed by atoms with E-state index in [1.165, 1.54) is 0 Å². The molecule has 0 saturated carbocycles. The maximum absolute atomic E-state index is 12.5. The van der Waals surface area contributed by atoms with Gasteiger partial charge in [-0.15, -0.1) is 0 Å². The number of ether oxygens (including phenoxy) is 2. The fourth-order valence-electron chi connectivity index (χ4n) is 4.08. The molecule has 5 rings (SSSR count). The van der Waals surface area contributed by atoms with Gasteiger partial charge in [0, 0.05) is 38.7 Å². The highest BCUT2D eigenvalue weighted by Gasteiger charge is 2.31. The van der Waals surface area contributed by atoms with Gasteiger partial charge >= 0.3 is 0 Å². The van der Waals surface area contributed by atoms with Crippen molar-refractivity contribution in [3.05, 3.63) is 48.9 Å². The SMILES string of the molecule is O=C([C@H]1CCCO1)N1CCC(Oc2ccc(-c3ccn4ncnc4c3)cc2)CC1. The van der Waals surface area contributed by atoms with Crippen LogP contribution in [0.5, 0.6) is 5.75 Å². The Morgan fingerprint density at radius 1 is 1.07 bits per heavy atom. The highest BCUT2D eigenvalue weighted by molar-refractivity contribution is 5.81. The summed E-state index contributed by atoms with van der Waals surface area (Å²) in [7, 11) is 0. The van der Waals surface area contributed by atoms with Gasteiger partial charge in [-0.1, -0.05) is 12.1 Å². The number of hydrogen-bond acceptors (Lipinski definition) is 5. The average molecular weight is 392 g/mol. The van der Waals surface area contributed by atoms with Crippen molar-refractivity contribution in [2.75, 3.05) is 19.7 Å². The molecule has 7 heteroatoms. The smallest absolute Gasteiger partial charge is 0.251 e. The molecule has 2 aliphatic heterocycles. The van der Waals surface area contributed by atoms with Gasteiger partial charge in [0.15, 0.2) is 5.65 Å². The maximum atomic E-state index is 12.5. The molecular weight excluding hydrogens is 368 g/mol. The molecule has 150 valence electrons. The van der Waals surface area contributed by atoms with E-state index >= 15 is 0 Å². The number of hydrogen-bond donors (Lipinski definition) is 0. The summed E-state index contributed by atoms with van der Waals surface area (Å²) in [5.41, 5.74) is 3.03. The van der Waals surface area contributed by atoms with Gasteiger partial charge in [-0.3, -0.25) is 4.79 Å². The molecule has 2 aliphatic rings. The molecule has 2 aromatic heterocycles. The Hall–Kier alpha value is -2.93. The molecule has 2 saturated heterocycles. The lowest BCUT2D eigenvalue weighted by atomic mass is 10.1. The van der Waals surface area contributed by atoms with Crippen molar-refractivity contribution in [2.45, 2.75) is 37.9 Å². The van der Waals surface area contributed by atoms with Gasteiger partial charge in [0.1, 0.15) is 24.3 Å². The number of piperidine rings is 1. The van der Waals surface area contributed by atoms with Gasteiger partial charge in [-0.05, 0) is 48.2 Å². The Kier molecular flexibility index (Phi) is 4.89. The van der Waals surface area contributed by atoms with Crippen molar-refractivity contribution in [1.29, 1.82) is 0 Å². The van der Waals surface area contributed by atoms with Gasteiger partial charge in [0.25, 0.3) is 5.91 Å². The molecule has 7 nitrogen and oxygen atoms in total. The highest BCUT2D eigenvalue weighted by Crippen LogP contribution is 2.26. The quantitative estimate of drug-likeness (QED) is 0.683. The second kappa shape index (κ2) is 7.83. The number of pyridine rings is 1. The summed E-state index contributed by atoms with van der Waals surface area (Å²) >= 11 is 0. The van der Waals surface area contributed by atoms with E-state index in [1.807, 2.05) is 35.4 Å². The molecule has 1 atom stereocenters. The molecular formula is C22H24N4O3. The Bertz CT molecular complexity index is 987. The zero-order valence-electron chi connectivity index (χ0n) is 16.2. The van der Waals surface area contributed by atoms with Gasteiger partial charge in [-0.25, -0.2) is 9.50 Å². The standard InChI is InChI=1S/C22H24N4O3/c27-22(20-2-1-13-28-20)25-10-8-19(9-11-25)29-18-5-3-16(4-6-18)17-7-12-26-21(14-17)23-15-24-26/h3-7,12,14-15,19-20H,1-2,8-11,13H2/t20-/m1/s1. The van der Waals surface area contributed by atoms with Crippen LogP contribution >= 0.6 is 0 Å². The number of nitrogens with zero attached hydrogens (tertiary/aromatic N) is 4. The van der Waals surface area contributed by atoms with E-state index in [0.717, 1.165) is 61.3 Å². The van der Waals surface area contributed by atoms with Crippen LogP contribution in [0.25, 0.3) is 16.8 Å². The molecule has 0 unspecified atom stereocenters. The monoisotopic (exact) mass is 392 g/mol. The summed E-state index contributed by atoms with van der Waals surface area (Å²) in [5.74, 6) is 1.01. The topological polar surface area (TPSA) is 69.0 Å². The number of likely N-dealkylation sites (tertiary alicyclic amines) is 1. The number of rotatable bonds is 4. The van der Waals surface area contributed by atoms with E-state index in [-0.39, 0.29) is 18.1 Å². The Balaban J connectivity index is 1.18. The van der Waals surface area contributed by atoms with Crippen molar-refractivity contribution < 1.29 is 14.3 Å². The Morgan fingerprint density at radius 3 is 2.66 bits per heavy atom. The van der Waals surface area contributed by atoms with Gasteiger partial charge in [-0.2, -0.15) is 5.10 Å². The lowest BCUT2D eigenvalue weighted by Crippen LogP contribution is -2.45. The van der Waals surface area contributed by atoms with E-state index in [9.17, 15) is 4.79 Å². The molecule has 29 heavy (non-hydrogen) atoms. The van der Waals surface area contributed by atoms with Crippen LogP contribution < -0.4 is 4.74 Å². The third-order valence-electron chi connectivity index (χ3n) is 5.73. The minimum absolute atomic E-state index is 0.140. The number of carbonyl (C=O) groups excluding carboxylic acids is 1. The fourth-order valence-corrected chi connectivity index (χ4v) is 4.08. The first-order valence-corrected chi connectivity index (χ1v) is 10.2. The summed E-state index contributed by atoms with van der Waals surface area (Å²) in [6, 6.07) is 12.2. The molecule has 1 amide bonds. The third kappa shape index (κ3) is 3.82. The molecule has 0 radical (unpaired) electrons. The van der Waals surface area contributed by atoms with Crippen molar-refractivity contribution in [3.63, 3.8) is 0 Å².